The Bertz CT molecular complexity index is 1440. The molecule has 4 aromatic rings. The average molecular weight is 504 g/mol. The predicted molar refractivity (Wildman–Crippen MR) is 142 cm³/mol. The quantitative estimate of drug-likeness (QED) is 0.387. The lowest BCUT2D eigenvalue weighted by atomic mass is 9.95. The molecule has 0 radical (unpaired) electrons. The van der Waals surface area contributed by atoms with Gasteiger partial charge in [0.2, 0.25) is 5.89 Å². The van der Waals surface area contributed by atoms with Gasteiger partial charge in [0, 0.05) is 41.2 Å². The van der Waals surface area contributed by atoms with Crippen LogP contribution in [0.4, 0.5) is 0 Å². The Hall–Kier alpha value is -3.85. The highest BCUT2D eigenvalue weighted by Gasteiger charge is 2.31. The second-order valence-electron chi connectivity index (χ2n) is 9.97. The number of carbonyl (C=O) groups is 1. The summed E-state index contributed by atoms with van der Waals surface area (Å²) >= 11 is 0. The summed E-state index contributed by atoms with van der Waals surface area (Å²) in [6.07, 6.45) is 0.935. The summed E-state index contributed by atoms with van der Waals surface area (Å²) in [6, 6.07) is 12.2. The number of nitrogens with one attached hydrogen (secondary N) is 1. The maximum Gasteiger partial charge on any atom is 0.311 e. The molecule has 0 saturated carbocycles. The number of aromatic amines is 1. The highest BCUT2D eigenvalue weighted by Crippen LogP contribution is 2.40. The molecule has 194 valence electrons. The van der Waals surface area contributed by atoms with Crippen LogP contribution in [0.25, 0.3) is 33.6 Å². The van der Waals surface area contributed by atoms with Crippen molar-refractivity contribution in [2.24, 2.45) is 0 Å². The summed E-state index contributed by atoms with van der Waals surface area (Å²) in [5.41, 5.74) is 4.97. The van der Waals surface area contributed by atoms with Crippen LogP contribution in [0.15, 0.2) is 40.8 Å². The Morgan fingerprint density at radius 2 is 1.84 bits per heavy atom. The topological polar surface area (TPSA) is 96.7 Å². The number of rotatable bonds is 7. The van der Waals surface area contributed by atoms with Gasteiger partial charge in [-0.2, -0.15) is 0 Å². The summed E-state index contributed by atoms with van der Waals surface area (Å²) < 4.78 is 16.8. The number of ether oxygens (including phenoxy) is 2. The lowest BCUT2D eigenvalue weighted by molar-refractivity contribution is 0.0744. The van der Waals surface area contributed by atoms with Crippen molar-refractivity contribution >= 4 is 16.8 Å². The van der Waals surface area contributed by atoms with Gasteiger partial charge in [0.05, 0.1) is 19.9 Å². The number of benzene rings is 2. The number of nitrogens with zero attached hydrogens (tertiary/aromatic N) is 4. The molecule has 1 aliphatic heterocycles. The Morgan fingerprint density at radius 1 is 1.08 bits per heavy atom. The van der Waals surface area contributed by atoms with E-state index in [4.69, 9.17) is 13.9 Å². The molecule has 1 N–H and O–H groups in total. The van der Waals surface area contributed by atoms with Crippen molar-refractivity contribution in [1.29, 1.82) is 0 Å². The number of hydrogen-bond donors (Lipinski definition) is 1. The molecule has 2 aromatic carbocycles. The maximum absolute atomic E-state index is 13.0. The molecule has 0 aliphatic carbocycles. The largest absolute Gasteiger partial charge is 0.493 e. The molecule has 9 heteroatoms. The number of H-pyrrole nitrogens is 1. The highest BCUT2D eigenvalue weighted by molar-refractivity contribution is 5.94. The molecule has 3 heterocycles. The molecule has 37 heavy (non-hydrogen) atoms. The van der Waals surface area contributed by atoms with Crippen LogP contribution >= 0.6 is 0 Å². The SMILES string of the molecule is COc1ccc(-c2[nH]c3ccc(-c4nnc(C(=O)N5CC[C@H](N(C)C)C5)o4)cc3c2C(C)C)cc1OC. The second-order valence-corrected chi connectivity index (χ2v) is 9.97. The summed E-state index contributed by atoms with van der Waals surface area (Å²) in [6.45, 7) is 5.68. The van der Waals surface area contributed by atoms with Crippen LogP contribution in [-0.4, -0.2) is 78.3 Å². The average Bonchev–Trinajstić information content (AvgIpc) is 3.65. The second kappa shape index (κ2) is 9.89. The van der Waals surface area contributed by atoms with Gasteiger partial charge < -0.3 is 28.7 Å². The Kier molecular flexibility index (Phi) is 6.64. The third-order valence-electron chi connectivity index (χ3n) is 7.12. The van der Waals surface area contributed by atoms with Crippen LogP contribution in [0.2, 0.25) is 0 Å². The number of amides is 1. The van der Waals surface area contributed by atoms with Crippen LogP contribution in [0.3, 0.4) is 0 Å². The van der Waals surface area contributed by atoms with E-state index in [9.17, 15) is 4.79 Å². The van der Waals surface area contributed by atoms with Crippen molar-refractivity contribution < 1.29 is 18.7 Å². The van der Waals surface area contributed by atoms with Gasteiger partial charge in [-0.1, -0.05) is 13.8 Å². The third kappa shape index (κ3) is 4.55. The zero-order chi connectivity index (χ0) is 26.3. The van der Waals surface area contributed by atoms with Gasteiger partial charge in [0.25, 0.3) is 0 Å². The molecule has 0 bridgehead atoms. The zero-order valence-electron chi connectivity index (χ0n) is 22.2. The molecule has 9 nitrogen and oxygen atoms in total. The van der Waals surface area contributed by atoms with E-state index in [2.05, 4.69) is 33.9 Å². The van der Waals surface area contributed by atoms with Gasteiger partial charge in [0.15, 0.2) is 11.5 Å². The molecule has 5 rings (SSSR count). The predicted octanol–water partition coefficient (Wildman–Crippen LogP) is 4.80. The Labute approximate surface area is 216 Å². The Balaban J connectivity index is 1.49. The van der Waals surface area contributed by atoms with Crippen molar-refractivity contribution in [3.05, 3.63) is 47.9 Å². The first kappa shape index (κ1) is 24.8. The lowest BCUT2D eigenvalue weighted by Crippen LogP contribution is -2.34. The van der Waals surface area contributed by atoms with Crippen LogP contribution in [0.1, 0.15) is 42.4 Å². The smallest absolute Gasteiger partial charge is 0.311 e. The fourth-order valence-corrected chi connectivity index (χ4v) is 5.07. The minimum absolute atomic E-state index is 0.0265. The first-order valence-electron chi connectivity index (χ1n) is 12.5. The van der Waals surface area contributed by atoms with Gasteiger partial charge in [0.1, 0.15) is 0 Å². The van der Waals surface area contributed by atoms with E-state index in [1.807, 2.05) is 50.5 Å². The number of hydrogen-bond acceptors (Lipinski definition) is 7. The van der Waals surface area contributed by atoms with Gasteiger partial charge >= 0.3 is 11.8 Å². The molecule has 2 aromatic heterocycles. The number of carbonyl (C=O) groups excluding carboxylic acids is 1. The van der Waals surface area contributed by atoms with E-state index in [0.29, 0.717) is 36.5 Å². The molecule has 0 spiro atoms. The fourth-order valence-electron chi connectivity index (χ4n) is 5.07. The standard InChI is InChI=1S/C28H33N5O4/c1-16(2)24-20-13-18(26-30-31-27(37-26)28(34)33-12-11-19(15-33)32(3)4)7-9-21(20)29-25(24)17-8-10-22(35-5)23(14-17)36-6/h7-10,13-14,16,19,29H,11-12,15H2,1-6H3/t19-/m0/s1. The monoisotopic (exact) mass is 503 g/mol. The van der Waals surface area contributed by atoms with E-state index in [-0.39, 0.29) is 17.7 Å². The van der Waals surface area contributed by atoms with Crippen LogP contribution in [-0.2, 0) is 0 Å². The van der Waals surface area contributed by atoms with Gasteiger partial charge in [-0.05, 0) is 68.4 Å². The minimum Gasteiger partial charge on any atom is -0.493 e. The zero-order valence-corrected chi connectivity index (χ0v) is 22.2. The molecule has 1 amide bonds. The number of methoxy groups -OCH3 is 2. The maximum atomic E-state index is 13.0. The van der Waals surface area contributed by atoms with Crippen LogP contribution in [0, 0.1) is 0 Å². The molecule has 1 atom stereocenters. The van der Waals surface area contributed by atoms with E-state index >= 15 is 0 Å². The van der Waals surface area contributed by atoms with Crippen molar-refractivity contribution in [3.8, 4) is 34.2 Å². The van der Waals surface area contributed by atoms with Crippen molar-refractivity contribution in [1.82, 2.24) is 25.0 Å². The highest BCUT2D eigenvalue weighted by atomic mass is 16.5. The van der Waals surface area contributed by atoms with E-state index in [1.54, 1.807) is 19.1 Å². The van der Waals surface area contributed by atoms with E-state index in [0.717, 1.165) is 34.1 Å². The summed E-state index contributed by atoms with van der Waals surface area (Å²) in [4.78, 5) is 20.5. The van der Waals surface area contributed by atoms with Crippen LogP contribution in [0.5, 0.6) is 11.5 Å². The van der Waals surface area contributed by atoms with Crippen molar-refractivity contribution in [2.75, 3.05) is 41.4 Å². The number of aromatic nitrogens is 3. The molecular formula is C28H33N5O4. The Morgan fingerprint density at radius 3 is 2.51 bits per heavy atom. The third-order valence-corrected chi connectivity index (χ3v) is 7.12. The molecular weight excluding hydrogens is 470 g/mol. The number of fused-ring (bicyclic) bond motifs is 1. The fraction of sp³-hybridized carbons (Fsp3) is 0.393. The van der Waals surface area contributed by atoms with Crippen molar-refractivity contribution in [3.63, 3.8) is 0 Å². The van der Waals surface area contributed by atoms with Gasteiger partial charge in [-0.25, -0.2) is 0 Å². The summed E-state index contributed by atoms with van der Waals surface area (Å²) in [5, 5.41) is 9.35. The first-order valence-corrected chi connectivity index (χ1v) is 12.5. The van der Waals surface area contributed by atoms with E-state index < -0.39 is 0 Å². The molecule has 1 saturated heterocycles. The summed E-state index contributed by atoms with van der Waals surface area (Å²) in [7, 11) is 7.32. The van der Waals surface area contributed by atoms with E-state index in [1.165, 1.54) is 5.56 Å². The molecule has 0 unspecified atom stereocenters. The first-order chi connectivity index (χ1) is 17.8. The normalized spacial score (nSPS) is 15.8. The molecule has 1 aliphatic rings. The summed E-state index contributed by atoms with van der Waals surface area (Å²) in [5.74, 6) is 1.74. The van der Waals surface area contributed by atoms with Gasteiger partial charge in [-0.3, -0.25) is 4.79 Å². The van der Waals surface area contributed by atoms with Gasteiger partial charge in [-0.15, -0.1) is 10.2 Å². The number of likely N-dealkylation sites (tertiary alicyclic amines) is 1. The molecule has 1 fully saturated rings. The van der Waals surface area contributed by atoms with Crippen molar-refractivity contribution in [2.45, 2.75) is 32.2 Å². The van der Waals surface area contributed by atoms with Crippen LogP contribution < -0.4 is 9.47 Å². The number of likely N-dealkylation sites (N-methyl/N-ethyl adjacent to an activating group) is 1. The minimum atomic E-state index is -0.218. The lowest BCUT2D eigenvalue weighted by Gasteiger charge is -2.19.